The summed E-state index contributed by atoms with van der Waals surface area (Å²) in [5.74, 6) is 0.387. The van der Waals surface area contributed by atoms with E-state index in [9.17, 15) is 9.90 Å². The smallest absolute Gasteiger partial charge is 0.354 e. The Hall–Kier alpha value is -3.23. The van der Waals surface area contributed by atoms with Crippen molar-refractivity contribution in [3.63, 3.8) is 0 Å². The van der Waals surface area contributed by atoms with Gasteiger partial charge >= 0.3 is 5.97 Å². The van der Waals surface area contributed by atoms with E-state index in [-0.39, 0.29) is 5.69 Å². The SMILES string of the molecule is O=C(O)c1cc2nccn2c(N2CCN(c3cnccn3)CC2)n1. The second-order valence-corrected chi connectivity index (χ2v) is 5.44. The fraction of sp³-hybridized carbons (Fsp3) is 0.267. The maximum absolute atomic E-state index is 11.3. The van der Waals surface area contributed by atoms with Gasteiger partial charge < -0.3 is 14.9 Å². The summed E-state index contributed by atoms with van der Waals surface area (Å²) < 4.78 is 1.81. The summed E-state index contributed by atoms with van der Waals surface area (Å²) >= 11 is 0. The normalized spacial score (nSPS) is 15.0. The Bertz CT molecular complexity index is 872. The van der Waals surface area contributed by atoms with Gasteiger partial charge in [-0.25, -0.2) is 19.7 Å². The van der Waals surface area contributed by atoms with Crippen LogP contribution in [0.3, 0.4) is 0 Å². The Kier molecular flexibility index (Phi) is 3.45. The van der Waals surface area contributed by atoms with Crippen LogP contribution in [0.2, 0.25) is 0 Å². The molecular formula is C15H15N7O2. The first-order valence-electron chi connectivity index (χ1n) is 7.56. The minimum Gasteiger partial charge on any atom is -0.477 e. The van der Waals surface area contributed by atoms with Gasteiger partial charge in [0, 0.05) is 57.0 Å². The summed E-state index contributed by atoms with van der Waals surface area (Å²) in [5, 5.41) is 9.25. The third kappa shape index (κ3) is 2.49. The molecule has 24 heavy (non-hydrogen) atoms. The van der Waals surface area contributed by atoms with E-state index in [2.05, 4.69) is 29.7 Å². The molecule has 122 valence electrons. The molecule has 1 fully saturated rings. The number of hydrogen-bond acceptors (Lipinski definition) is 7. The number of carboxylic acid groups (broad SMARTS) is 1. The molecule has 0 atom stereocenters. The van der Waals surface area contributed by atoms with Crippen molar-refractivity contribution in [1.29, 1.82) is 0 Å². The molecule has 4 heterocycles. The molecule has 4 rings (SSSR count). The lowest BCUT2D eigenvalue weighted by Gasteiger charge is -2.35. The molecule has 3 aromatic heterocycles. The molecule has 1 aliphatic heterocycles. The molecule has 9 nitrogen and oxygen atoms in total. The van der Waals surface area contributed by atoms with Crippen LogP contribution in [0.25, 0.3) is 5.65 Å². The van der Waals surface area contributed by atoms with Gasteiger partial charge in [0.15, 0.2) is 5.69 Å². The summed E-state index contributed by atoms with van der Waals surface area (Å²) in [7, 11) is 0. The van der Waals surface area contributed by atoms with Crippen LogP contribution in [-0.4, -0.2) is 61.6 Å². The number of fused-ring (bicyclic) bond motifs is 1. The van der Waals surface area contributed by atoms with Crippen molar-refractivity contribution in [1.82, 2.24) is 24.3 Å². The largest absolute Gasteiger partial charge is 0.477 e. The summed E-state index contributed by atoms with van der Waals surface area (Å²) in [6.07, 6.45) is 8.50. The summed E-state index contributed by atoms with van der Waals surface area (Å²) in [6.45, 7) is 2.93. The minimum absolute atomic E-state index is 0.0000515. The maximum Gasteiger partial charge on any atom is 0.354 e. The highest BCUT2D eigenvalue weighted by molar-refractivity contribution is 5.87. The van der Waals surface area contributed by atoms with Crippen LogP contribution in [0.1, 0.15) is 10.5 Å². The molecule has 3 aromatic rings. The first kappa shape index (κ1) is 14.4. The quantitative estimate of drug-likeness (QED) is 0.745. The van der Waals surface area contributed by atoms with Crippen LogP contribution < -0.4 is 9.80 Å². The average molecular weight is 325 g/mol. The standard InChI is InChI=1S/C15H15N7O2/c23-14(24)11-9-12-18-3-4-22(12)15(19-11)21-7-5-20(6-8-21)13-10-16-1-2-17-13/h1-4,9-10H,5-8H2,(H,23,24). The van der Waals surface area contributed by atoms with Crippen molar-refractivity contribution in [3.05, 3.63) is 42.7 Å². The highest BCUT2D eigenvalue weighted by Gasteiger charge is 2.22. The van der Waals surface area contributed by atoms with Gasteiger partial charge in [0.2, 0.25) is 5.95 Å². The maximum atomic E-state index is 11.3. The summed E-state index contributed by atoms with van der Waals surface area (Å²) in [5.41, 5.74) is 0.578. The van der Waals surface area contributed by atoms with E-state index in [1.165, 1.54) is 6.07 Å². The molecule has 0 bridgehead atoms. The average Bonchev–Trinajstić information content (AvgIpc) is 3.10. The second kappa shape index (κ2) is 5.76. The van der Waals surface area contributed by atoms with Crippen LogP contribution in [-0.2, 0) is 0 Å². The Balaban J connectivity index is 1.60. The lowest BCUT2D eigenvalue weighted by molar-refractivity contribution is 0.0690. The molecule has 0 amide bonds. The number of carboxylic acids is 1. The number of hydrogen-bond donors (Lipinski definition) is 1. The van der Waals surface area contributed by atoms with Crippen molar-refractivity contribution >= 4 is 23.4 Å². The van der Waals surface area contributed by atoms with E-state index in [1.54, 1.807) is 31.0 Å². The predicted molar refractivity (Wildman–Crippen MR) is 86.4 cm³/mol. The van der Waals surface area contributed by atoms with Crippen LogP contribution >= 0.6 is 0 Å². The molecule has 1 aliphatic rings. The zero-order chi connectivity index (χ0) is 16.5. The molecule has 1 N–H and O–H groups in total. The third-order valence-electron chi connectivity index (χ3n) is 4.03. The first-order valence-corrected chi connectivity index (χ1v) is 7.56. The van der Waals surface area contributed by atoms with Crippen LogP contribution in [0, 0.1) is 0 Å². The Morgan fingerprint density at radius 3 is 2.54 bits per heavy atom. The number of anilines is 2. The topological polar surface area (TPSA) is 99.8 Å². The molecule has 0 radical (unpaired) electrons. The van der Waals surface area contributed by atoms with E-state index in [4.69, 9.17) is 0 Å². The van der Waals surface area contributed by atoms with Crippen molar-refractivity contribution in [2.24, 2.45) is 0 Å². The molecule has 0 aromatic carbocycles. The lowest BCUT2D eigenvalue weighted by Crippen LogP contribution is -2.47. The van der Waals surface area contributed by atoms with Gasteiger partial charge in [-0.05, 0) is 0 Å². The Morgan fingerprint density at radius 1 is 1.04 bits per heavy atom. The van der Waals surface area contributed by atoms with E-state index in [0.29, 0.717) is 24.7 Å². The monoisotopic (exact) mass is 325 g/mol. The molecular weight excluding hydrogens is 310 g/mol. The Morgan fingerprint density at radius 2 is 1.83 bits per heavy atom. The highest BCUT2D eigenvalue weighted by atomic mass is 16.4. The number of aromatic nitrogens is 5. The number of carbonyl (C=O) groups is 1. The van der Waals surface area contributed by atoms with Gasteiger partial charge in [-0.3, -0.25) is 9.38 Å². The van der Waals surface area contributed by atoms with Gasteiger partial charge in [-0.2, -0.15) is 0 Å². The van der Waals surface area contributed by atoms with Gasteiger partial charge in [0.1, 0.15) is 11.5 Å². The van der Waals surface area contributed by atoms with Gasteiger partial charge in [-0.1, -0.05) is 0 Å². The van der Waals surface area contributed by atoms with Gasteiger partial charge in [0.05, 0.1) is 6.20 Å². The molecule has 0 aliphatic carbocycles. The predicted octanol–water partition coefficient (Wildman–Crippen LogP) is 0.544. The van der Waals surface area contributed by atoms with Crippen molar-refractivity contribution in [2.75, 3.05) is 36.0 Å². The van der Waals surface area contributed by atoms with Crippen molar-refractivity contribution in [3.8, 4) is 0 Å². The van der Waals surface area contributed by atoms with Gasteiger partial charge in [0.25, 0.3) is 0 Å². The fourth-order valence-electron chi connectivity index (χ4n) is 2.83. The lowest BCUT2D eigenvalue weighted by atomic mass is 10.3. The third-order valence-corrected chi connectivity index (χ3v) is 4.03. The van der Waals surface area contributed by atoms with E-state index < -0.39 is 5.97 Å². The van der Waals surface area contributed by atoms with E-state index in [1.807, 2.05) is 4.40 Å². The zero-order valence-electron chi connectivity index (χ0n) is 12.8. The summed E-state index contributed by atoms with van der Waals surface area (Å²) in [4.78, 5) is 32.4. The molecule has 0 unspecified atom stereocenters. The van der Waals surface area contributed by atoms with Crippen LogP contribution in [0.15, 0.2) is 37.1 Å². The second-order valence-electron chi connectivity index (χ2n) is 5.44. The summed E-state index contributed by atoms with van der Waals surface area (Å²) in [6, 6.07) is 1.47. The van der Waals surface area contributed by atoms with Gasteiger partial charge in [-0.15, -0.1) is 0 Å². The first-order chi connectivity index (χ1) is 11.7. The number of piperazine rings is 1. The highest BCUT2D eigenvalue weighted by Crippen LogP contribution is 2.19. The van der Waals surface area contributed by atoms with E-state index >= 15 is 0 Å². The molecule has 9 heteroatoms. The van der Waals surface area contributed by atoms with E-state index in [0.717, 1.165) is 18.9 Å². The molecule has 1 saturated heterocycles. The number of rotatable bonds is 3. The number of imidazole rings is 1. The molecule has 0 spiro atoms. The van der Waals surface area contributed by atoms with Crippen LogP contribution in [0.5, 0.6) is 0 Å². The zero-order valence-corrected chi connectivity index (χ0v) is 12.8. The molecule has 0 saturated carbocycles. The van der Waals surface area contributed by atoms with Crippen molar-refractivity contribution in [2.45, 2.75) is 0 Å². The van der Waals surface area contributed by atoms with Crippen LogP contribution in [0.4, 0.5) is 11.8 Å². The minimum atomic E-state index is -1.06. The fourth-order valence-corrected chi connectivity index (χ4v) is 2.83. The number of aromatic carboxylic acids is 1. The number of nitrogens with zero attached hydrogens (tertiary/aromatic N) is 7. The Labute approximate surface area is 137 Å². The van der Waals surface area contributed by atoms with Crippen molar-refractivity contribution < 1.29 is 9.90 Å².